The molecule has 2 atom stereocenters. The Kier molecular flexibility index (Phi) is 10.8. The van der Waals surface area contributed by atoms with Gasteiger partial charge in [0.1, 0.15) is 11.9 Å². The molecule has 1 unspecified atom stereocenters. The number of ether oxygens (including phenoxy) is 1. The van der Waals surface area contributed by atoms with Crippen LogP contribution < -0.4 is 16.1 Å². The van der Waals surface area contributed by atoms with Gasteiger partial charge in [0.05, 0.1) is 18.1 Å². The van der Waals surface area contributed by atoms with Gasteiger partial charge >= 0.3 is 0 Å². The maximum Gasteiger partial charge on any atom is 0.267 e. The van der Waals surface area contributed by atoms with Crippen molar-refractivity contribution < 1.29 is 19.2 Å². The third-order valence-electron chi connectivity index (χ3n) is 6.14. The molecule has 3 rings (SSSR count). The first-order valence-corrected chi connectivity index (χ1v) is 12.6. The van der Waals surface area contributed by atoms with E-state index >= 15 is 0 Å². The highest BCUT2D eigenvalue weighted by atomic mass is 16.8. The zero-order valence-corrected chi connectivity index (χ0v) is 20.4. The lowest BCUT2D eigenvalue weighted by Crippen LogP contribution is -2.42. The number of amides is 2. The predicted molar refractivity (Wildman–Crippen MR) is 130 cm³/mol. The SMILES string of the molecule is CC(C)C[C@@H](Nc1cnc(C=CC(=O)NOC2CCCCO2)cn1)C(=O)NCC1CCCCC1. The van der Waals surface area contributed by atoms with Gasteiger partial charge in [0.2, 0.25) is 5.91 Å². The second kappa shape index (κ2) is 14.0. The van der Waals surface area contributed by atoms with E-state index in [9.17, 15) is 9.59 Å². The number of carbonyl (C=O) groups excluding carboxylic acids is 2. The van der Waals surface area contributed by atoms with Gasteiger partial charge in [-0.1, -0.05) is 33.1 Å². The van der Waals surface area contributed by atoms with Crippen LogP contribution in [0, 0.1) is 11.8 Å². The van der Waals surface area contributed by atoms with E-state index in [0.717, 1.165) is 25.8 Å². The standard InChI is InChI=1S/C25H39N5O4/c1-18(2)14-21(25(32)28-15-19-8-4-3-5-9-19)29-22-17-26-20(16-27-22)11-12-23(31)30-34-24-10-6-7-13-33-24/h11-12,16-19,21,24H,3-10,13-15H2,1-2H3,(H,27,29)(H,28,32)(H,30,31)/t21-,24?/m1/s1. The van der Waals surface area contributed by atoms with Crippen LogP contribution in [0.5, 0.6) is 0 Å². The summed E-state index contributed by atoms with van der Waals surface area (Å²) in [5.74, 6) is 1.07. The van der Waals surface area contributed by atoms with Crippen molar-refractivity contribution in [3.63, 3.8) is 0 Å². The molecule has 0 radical (unpaired) electrons. The number of hydroxylamine groups is 1. The first kappa shape index (κ1) is 26.1. The maximum absolute atomic E-state index is 12.8. The maximum atomic E-state index is 12.8. The number of nitrogens with one attached hydrogen (secondary N) is 3. The zero-order valence-electron chi connectivity index (χ0n) is 20.4. The van der Waals surface area contributed by atoms with E-state index in [0.29, 0.717) is 36.4 Å². The first-order chi connectivity index (χ1) is 16.5. The van der Waals surface area contributed by atoms with Gasteiger partial charge in [0.15, 0.2) is 6.29 Å². The summed E-state index contributed by atoms with van der Waals surface area (Å²) in [6.07, 6.45) is 15.3. The number of anilines is 1. The molecule has 3 N–H and O–H groups in total. The fourth-order valence-electron chi connectivity index (χ4n) is 4.26. The normalized spacial score (nSPS) is 20.3. The van der Waals surface area contributed by atoms with Crippen LogP contribution in [-0.2, 0) is 19.2 Å². The Bertz CT molecular complexity index is 787. The second-order valence-electron chi connectivity index (χ2n) is 9.62. The second-order valence-corrected chi connectivity index (χ2v) is 9.62. The Morgan fingerprint density at radius 3 is 2.59 bits per heavy atom. The van der Waals surface area contributed by atoms with E-state index in [4.69, 9.17) is 9.57 Å². The monoisotopic (exact) mass is 473 g/mol. The summed E-state index contributed by atoms with van der Waals surface area (Å²) in [5, 5.41) is 6.36. The minimum Gasteiger partial charge on any atom is -0.357 e. The summed E-state index contributed by atoms with van der Waals surface area (Å²) >= 11 is 0. The Morgan fingerprint density at radius 1 is 1.12 bits per heavy atom. The molecule has 1 aliphatic carbocycles. The highest BCUT2D eigenvalue weighted by Gasteiger charge is 2.22. The zero-order chi connectivity index (χ0) is 24.2. The van der Waals surface area contributed by atoms with Crippen molar-refractivity contribution in [1.29, 1.82) is 0 Å². The summed E-state index contributed by atoms with van der Waals surface area (Å²) in [5.41, 5.74) is 2.90. The third-order valence-corrected chi connectivity index (χ3v) is 6.14. The fraction of sp³-hybridized carbons (Fsp3) is 0.680. The van der Waals surface area contributed by atoms with E-state index in [1.807, 2.05) is 0 Å². The Hall–Kier alpha value is -2.52. The van der Waals surface area contributed by atoms with Crippen molar-refractivity contribution >= 4 is 23.7 Å². The van der Waals surface area contributed by atoms with Crippen molar-refractivity contribution in [2.75, 3.05) is 18.5 Å². The topological polar surface area (TPSA) is 114 Å². The molecule has 1 saturated carbocycles. The van der Waals surface area contributed by atoms with Gasteiger partial charge in [0.25, 0.3) is 5.91 Å². The molecule has 1 aromatic heterocycles. The van der Waals surface area contributed by atoms with Crippen molar-refractivity contribution in [3.8, 4) is 0 Å². The van der Waals surface area contributed by atoms with Gasteiger partial charge < -0.3 is 15.4 Å². The van der Waals surface area contributed by atoms with E-state index in [1.165, 1.54) is 38.2 Å². The fourth-order valence-corrected chi connectivity index (χ4v) is 4.26. The third kappa shape index (κ3) is 9.38. The molecule has 2 heterocycles. The number of aromatic nitrogens is 2. The average molecular weight is 474 g/mol. The van der Waals surface area contributed by atoms with Crippen LogP contribution in [0.25, 0.3) is 6.08 Å². The van der Waals surface area contributed by atoms with Gasteiger partial charge in [-0.05, 0) is 50.0 Å². The lowest BCUT2D eigenvalue weighted by molar-refractivity contribution is -0.198. The molecule has 188 valence electrons. The van der Waals surface area contributed by atoms with E-state index in [2.05, 4.69) is 39.9 Å². The lowest BCUT2D eigenvalue weighted by atomic mass is 9.89. The number of hydrogen-bond donors (Lipinski definition) is 3. The van der Waals surface area contributed by atoms with Gasteiger partial charge in [0, 0.05) is 25.6 Å². The summed E-state index contributed by atoms with van der Waals surface area (Å²) in [6.45, 7) is 5.57. The molecular weight excluding hydrogens is 434 g/mol. The van der Waals surface area contributed by atoms with Crippen LogP contribution in [0.1, 0.15) is 77.3 Å². The van der Waals surface area contributed by atoms with Crippen molar-refractivity contribution in [2.24, 2.45) is 11.8 Å². The van der Waals surface area contributed by atoms with E-state index in [-0.39, 0.29) is 11.9 Å². The number of hydrogen-bond acceptors (Lipinski definition) is 7. The molecule has 0 spiro atoms. The van der Waals surface area contributed by atoms with Crippen LogP contribution >= 0.6 is 0 Å². The molecule has 2 fully saturated rings. The largest absolute Gasteiger partial charge is 0.357 e. The predicted octanol–water partition coefficient (Wildman–Crippen LogP) is 3.59. The molecule has 9 heteroatoms. The summed E-state index contributed by atoms with van der Waals surface area (Å²) in [4.78, 5) is 38.7. The Morgan fingerprint density at radius 2 is 1.91 bits per heavy atom. The molecule has 1 saturated heterocycles. The molecule has 2 amide bonds. The molecule has 34 heavy (non-hydrogen) atoms. The van der Waals surface area contributed by atoms with Crippen LogP contribution in [-0.4, -0.2) is 47.3 Å². The highest BCUT2D eigenvalue weighted by molar-refractivity contribution is 5.90. The van der Waals surface area contributed by atoms with Gasteiger partial charge in [-0.15, -0.1) is 0 Å². The number of carbonyl (C=O) groups is 2. The quantitative estimate of drug-likeness (QED) is 0.332. The van der Waals surface area contributed by atoms with Gasteiger partial charge in [-0.2, -0.15) is 0 Å². The highest BCUT2D eigenvalue weighted by Crippen LogP contribution is 2.23. The van der Waals surface area contributed by atoms with Crippen molar-refractivity contribution in [1.82, 2.24) is 20.8 Å². The minimum absolute atomic E-state index is 0.00339. The van der Waals surface area contributed by atoms with Gasteiger partial charge in [-0.3, -0.25) is 14.6 Å². The van der Waals surface area contributed by atoms with Crippen molar-refractivity contribution in [2.45, 2.75) is 84.0 Å². The smallest absolute Gasteiger partial charge is 0.267 e. The van der Waals surface area contributed by atoms with E-state index in [1.54, 1.807) is 18.5 Å². The molecular formula is C25H39N5O4. The minimum atomic E-state index is -0.398. The number of rotatable bonds is 11. The van der Waals surface area contributed by atoms with Crippen LogP contribution in [0.2, 0.25) is 0 Å². The first-order valence-electron chi connectivity index (χ1n) is 12.6. The van der Waals surface area contributed by atoms with Crippen LogP contribution in [0.15, 0.2) is 18.5 Å². The van der Waals surface area contributed by atoms with Crippen LogP contribution in [0.4, 0.5) is 5.82 Å². The number of nitrogens with zero attached hydrogens (tertiary/aromatic N) is 2. The lowest BCUT2D eigenvalue weighted by Gasteiger charge is -2.24. The van der Waals surface area contributed by atoms with Crippen molar-refractivity contribution in [3.05, 3.63) is 24.2 Å². The van der Waals surface area contributed by atoms with E-state index < -0.39 is 12.2 Å². The molecule has 1 aliphatic heterocycles. The summed E-state index contributed by atoms with van der Waals surface area (Å²) in [7, 11) is 0. The van der Waals surface area contributed by atoms with Gasteiger partial charge in [-0.25, -0.2) is 15.3 Å². The Labute approximate surface area is 202 Å². The molecule has 2 aliphatic rings. The summed E-state index contributed by atoms with van der Waals surface area (Å²) < 4.78 is 5.40. The Balaban J connectivity index is 1.47. The molecule has 0 bridgehead atoms. The van der Waals surface area contributed by atoms with Crippen LogP contribution in [0.3, 0.4) is 0 Å². The average Bonchev–Trinajstić information content (AvgIpc) is 2.86. The molecule has 0 aromatic carbocycles. The molecule has 9 nitrogen and oxygen atoms in total. The summed E-state index contributed by atoms with van der Waals surface area (Å²) in [6, 6.07) is -0.371. The molecule has 1 aromatic rings.